The molecule has 0 amide bonds. The first-order chi connectivity index (χ1) is 7.77. The second kappa shape index (κ2) is 7.76. The first-order valence-corrected chi connectivity index (χ1v) is 6.66. The summed E-state index contributed by atoms with van der Waals surface area (Å²) in [6.07, 6.45) is 2.05. The molecule has 1 unspecified atom stereocenters. The molecule has 1 aromatic heterocycles. The van der Waals surface area contributed by atoms with E-state index in [0.717, 1.165) is 19.4 Å². The van der Waals surface area contributed by atoms with Gasteiger partial charge in [-0.2, -0.15) is 0 Å². The summed E-state index contributed by atoms with van der Waals surface area (Å²) in [5.74, 6) is 0.569. The van der Waals surface area contributed by atoms with Gasteiger partial charge in [0.15, 0.2) is 0 Å². The number of aromatic nitrogens is 1. The number of hydrogen-bond donors (Lipinski definition) is 0. The molecule has 16 heavy (non-hydrogen) atoms. The molecule has 0 fully saturated rings. The van der Waals surface area contributed by atoms with Crippen LogP contribution in [0.1, 0.15) is 36.9 Å². The van der Waals surface area contributed by atoms with Crippen molar-refractivity contribution in [2.75, 3.05) is 26.9 Å². The van der Waals surface area contributed by atoms with Gasteiger partial charge in [0.25, 0.3) is 0 Å². The number of methoxy groups -OCH3 is 1. The summed E-state index contributed by atoms with van der Waals surface area (Å²) in [5, 5.41) is 3.34. The minimum absolute atomic E-state index is 0.569. The molecule has 1 aromatic rings. The quantitative estimate of drug-likeness (QED) is 0.658. The Balaban J connectivity index is 2.24. The second-order valence-electron chi connectivity index (χ2n) is 3.83. The van der Waals surface area contributed by atoms with Crippen molar-refractivity contribution in [2.24, 2.45) is 0 Å². The monoisotopic (exact) mass is 243 g/mol. The van der Waals surface area contributed by atoms with Gasteiger partial charge < -0.3 is 9.47 Å². The third-order valence-electron chi connectivity index (χ3n) is 2.58. The largest absolute Gasteiger partial charge is 0.382 e. The van der Waals surface area contributed by atoms with Crippen molar-refractivity contribution in [3.8, 4) is 0 Å². The number of ether oxygens (including phenoxy) is 2. The van der Waals surface area contributed by atoms with E-state index in [1.54, 1.807) is 18.4 Å². The molecule has 0 aromatic carbocycles. The lowest BCUT2D eigenvalue weighted by Crippen LogP contribution is -2.05. The predicted molar refractivity (Wildman–Crippen MR) is 67.2 cm³/mol. The fraction of sp³-hybridized carbons (Fsp3) is 0.750. The van der Waals surface area contributed by atoms with E-state index in [9.17, 15) is 0 Å². The fourth-order valence-electron chi connectivity index (χ4n) is 1.28. The Morgan fingerprint density at radius 2 is 2.19 bits per heavy atom. The first-order valence-electron chi connectivity index (χ1n) is 5.78. The van der Waals surface area contributed by atoms with E-state index >= 15 is 0 Å². The highest BCUT2D eigenvalue weighted by atomic mass is 32.1. The Hall–Kier alpha value is -0.450. The Kier molecular flexibility index (Phi) is 6.61. The van der Waals surface area contributed by atoms with Gasteiger partial charge in [0.2, 0.25) is 0 Å². The van der Waals surface area contributed by atoms with Crippen molar-refractivity contribution in [3.05, 3.63) is 16.1 Å². The minimum Gasteiger partial charge on any atom is -0.382 e. The molecule has 4 heteroatoms. The SMILES string of the molecule is CCC(C)c1csc(CCOCCOC)n1. The molecule has 0 aliphatic heterocycles. The van der Waals surface area contributed by atoms with E-state index in [0.29, 0.717) is 19.1 Å². The van der Waals surface area contributed by atoms with Gasteiger partial charge in [-0.25, -0.2) is 4.98 Å². The van der Waals surface area contributed by atoms with Crippen molar-refractivity contribution >= 4 is 11.3 Å². The standard InChI is InChI=1S/C12H21NO2S/c1-4-10(2)11-9-16-12(13-11)5-6-15-8-7-14-3/h9-10H,4-8H2,1-3H3. The highest BCUT2D eigenvalue weighted by Gasteiger charge is 2.07. The van der Waals surface area contributed by atoms with Gasteiger partial charge in [-0.1, -0.05) is 13.8 Å². The number of hydrogen-bond acceptors (Lipinski definition) is 4. The highest BCUT2D eigenvalue weighted by Crippen LogP contribution is 2.21. The van der Waals surface area contributed by atoms with Crippen molar-refractivity contribution in [1.29, 1.82) is 0 Å². The molecule has 0 spiro atoms. The summed E-state index contributed by atoms with van der Waals surface area (Å²) in [6, 6.07) is 0. The van der Waals surface area contributed by atoms with Crippen LogP contribution in [0.5, 0.6) is 0 Å². The van der Waals surface area contributed by atoms with Gasteiger partial charge in [0.1, 0.15) is 0 Å². The van der Waals surface area contributed by atoms with E-state index < -0.39 is 0 Å². The third kappa shape index (κ3) is 4.60. The van der Waals surface area contributed by atoms with Crippen molar-refractivity contribution in [2.45, 2.75) is 32.6 Å². The molecule has 3 nitrogen and oxygen atoms in total. The Bertz CT molecular complexity index is 288. The summed E-state index contributed by atoms with van der Waals surface area (Å²) in [5.41, 5.74) is 1.22. The van der Waals surface area contributed by atoms with E-state index in [4.69, 9.17) is 9.47 Å². The van der Waals surface area contributed by atoms with Gasteiger partial charge in [-0.3, -0.25) is 0 Å². The number of thiazole rings is 1. The molecule has 1 rings (SSSR count). The molecule has 0 saturated heterocycles. The van der Waals surface area contributed by atoms with Crippen LogP contribution in [-0.2, 0) is 15.9 Å². The smallest absolute Gasteiger partial charge is 0.0951 e. The van der Waals surface area contributed by atoms with Crippen molar-refractivity contribution < 1.29 is 9.47 Å². The minimum atomic E-state index is 0.569. The van der Waals surface area contributed by atoms with Crippen LogP contribution in [0, 0.1) is 0 Å². The molecule has 0 aliphatic rings. The lowest BCUT2D eigenvalue weighted by atomic mass is 10.1. The zero-order valence-electron chi connectivity index (χ0n) is 10.4. The molecule has 0 radical (unpaired) electrons. The molecule has 92 valence electrons. The average Bonchev–Trinajstić information content (AvgIpc) is 2.76. The third-order valence-corrected chi connectivity index (χ3v) is 3.51. The van der Waals surface area contributed by atoms with Gasteiger partial charge >= 0.3 is 0 Å². The second-order valence-corrected chi connectivity index (χ2v) is 4.77. The van der Waals surface area contributed by atoms with Crippen LogP contribution in [0.2, 0.25) is 0 Å². The lowest BCUT2D eigenvalue weighted by molar-refractivity contribution is 0.0722. The molecule has 0 bridgehead atoms. The lowest BCUT2D eigenvalue weighted by Gasteiger charge is -2.03. The molecule has 1 heterocycles. The van der Waals surface area contributed by atoms with Crippen LogP contribution >= 0.6 is 11.3 Å². The normalized spacial score (nSPS) is 12.9. The summed E-state index contributed by atoms with van der Waals surface area (Å²) in [4.78, 5) is 4.61. The van der Waals surface area contributed by atoms with Crippen LogP contribution in [-0.4, -0.2) is 31.9 Å². The highest BCUT2D eigenvalue weighted by molar-refractivity contribution is 7.09. The summed E-state index contributed by atoms with van der Waals surface area (Å²) in [6.45, 7) is 6.47. The molecular formula is C12H21NO2S. The van der Waals surface area contributed by atoms with E-state index in [2.05, 4.69) is 24.2 Å². The van der Waals surface area contributed by atoms with Crippen molar-refractivity contribution in [1.82, 2.24) is 4.98 Å². The van der Waals surface area contributed by atoms with Gasteiger partial charge in [-0.15, -0.1) is 11.3 Å². The maximum absolute atomic E-state index is 5.42. The van der Waals surface area contributed by atoms with Crippen LogP contribution in [0.15, 0.2) is 5.38 Å². The van der Waals surface area contributed by atoms with Gasteiger partial charge in [0, 0.05) is 18.9 Å². The average molecular weight is 243 g/mol. The van der Waals surface area contributed by atoms with Gasteiger partial charge in [-0.05, 0) is 12.3 Å². The summed E-state index contributed by atoms with van der Waals surface area (Å²) in [7, 11) is 1.68. The van der Waals surface area contributed by atoms with E-state index in [-0.39, 0.29) is 0 Å². The fourth-order valence-corrected chi connectivity index (χ4v) is 2.18. The van der Waals surface area contributed by atoms with Crippen LogP contribution in [0.4, 0.5) is 0 Å². The van der Waals surface area contributed by atoms with Gasteiger partial charge in [0.05, 0.1) is 30.5 Å². The maximum Gasteiger partial charge on any atom is 0.0951 e. The molecular weight excluding hydrogens is 222 g/mol. The topological polar surface area (TPSA) is 31.4 Å². The first kappa shape index (κ1) is 13.6. The molecule has 0 N–H and O–H groups in total. The Labute approximate surface area is 102 Å². The van der Waals surface area contributed by atoms with Crippen molar-refractivity contribution in [3.63, 3.8) is 0 Å². The van der Waals surface area contributed by atoms with Crippen LogP contribution in [0.3, 0.4) is 0 Å². The molecule has 0 aliphatic carbocycles. The van der Waals surface area contributed by atoms with Crippen LogP contribution < -0.4 is 0 Å². The van der Waals surface area contributed by atoms with E-state index in [1.165, 1.54) is 10.7 Å². The Morgan fingerprint density at radius 3 is 2.88 bits per heavy atom. The predicted octanol–water partition coefficient (Wildman–Crippen LogP) is 2.86. The molecule has 0 saturated carbocycles. The van der Waals surface area contributed by atoms with Crippen LogP contribution in [0.25, 0.3) is 0 Å². The Morgan fingerprint density at radius 1 is 1.38 bits per heavy atom. The number of rotatable bonds is 8. The summed E-state index contributed by atoms with van der Waals surface area (Å²) < 4.78 is 10.3. The van der Waals surface area contributed by atoms with E-state index in [1.807, 2.05) is 0 Å². The number of nitrogens with zero attached hydrogens (tertiary/aromatic N) is 1. The zero-order chi connectivity index (χ0) is 11.8. The maximum atomic E-state index is 5.42. The summed E-state index contributed by atoms with van der Waals surface area (Å²) >= 11 is 1.73. The zero-order valence-corrected chi connectivity index (χ0v) is 11.2. The molecule has 1 atom stereocenters.